The molecule has 1 atom stereocenters. The Hall–Kier alpha value is -0.570. The highest BCUT2D eigenvalue weighted by Gasteiger charge is 2.23. The van der Waals surface area contributed by atoms with E-state index in [9.17, 15) is 4.79 Å². The third-order valence-corrected chi connectivity index (χ3v) is 4.08. The molecule has 1 aliphatic rings. The van der Waals surface area contributed by atoms with Crippen LogP contribution in [0.4, 0.5) is 0 Å². The highest BCUT2D eigenvalue weighted by Crippen LogP contribution is 2.28. The average Bonchev–Trinajstić information content (AvgIpc) is 2.83. The smallest absolute Gasteiger partial charge is 0.224 e. The zero-order valence-electron chi connectivity index (χ0n) is 13.0. The predicted octanol–water partition coefficient (Wildman–Crippen LogP) is 3.08. The maximum absolute atomic E-state index is 12.1. The minimum atomic E-state index is -0.0357. The van der Waals surface area contributed by atoms with Crippen molar-refractivity contribution in [2.45, 2.75) is 65.7 Å². The normalized spacial score (nSPS) is 18.5. The third kappa shape index (κ3) is 6.95. The van der Waals surface area contributed by atoms with Gasteiger partial charge in [-0.25, -0.2) is 0 Å². The molecule has 1 rings (SSSR count). The van der Waals surface area contributed by atoms with Crippen LogP contribution in [0.25, 0.3) is 0 Å². The summed E-state index contributed by atoms with van der Waals surface area (Å²) in [5.41, 5.74) is 5.88. The molecule has 0 aliphatic heterocycles. The lowest BCUT2D eigenvalue weighted by atomic mass is 9.84. The Balaban J connectivity index is 2.17. The second-order valence-electron chi connectivity index (χ2n) is 7.28. The van der Waals surface area contributed by atoms with E-state index in [4.69, 9.17) is 5.73 Å². The van der Waals surface area contributed by atoms with Crippen LogP contribution in [0.3, 0.4) is 0 Å². The molecule has 0 spiro atoms. The zero-order chi connectivity index (χ0) is 14.3. The van der Waals surface area contributed by atoms with Gasteiger partial charge in [0.1, 0.15) is 0 Å². The number of hydrogen-bond donors (Lipinski definition) is 2. The Morgan fingerprint density at radius 3 is 2.47 bits per heavy atom. The van der Waals surface area contributed by atoms with Crippen molar-refractivity contribution < 1.29 is 4.79 Å². The van der Waals surface area contributed by atoms with Crippen molar-refractivity contribution in [2.24, 2.45) is 23.0 Å². The highest BCUT2D eigenvalue weighted by atomic mass is 16.1. The molecule has 0 aromatic rings. The van der Waals surface area contributed by atoms with Gasteiger partial charge in [-0.1, -0.05) is 46.5 Å². The molecule has 0 radical (unpaired) electrons. The van der Waals surface area contributed by atoms with Gasteiger partial charge in [0, 0.05) is 13.1 Å². The summed E-state index contributed by atoms with van der Waals surface area (Å²) in [6.45, 7) is 7.73. The molecule has 1 fully saturated rings. The van der Waals surface area contributed by atoms with Crippen molar-refractivity contribution >= 4 is 5.91 Å². The molecule has 0 aromatic carbocycles. The molecule has 3 nitrogen and oxygen atoms in total. The van der Waals surface area contributed by atoms with E-state index in [2.05, 4.69) is 26.1 Å². The van der Waals surface area contributed by atoms with Gasteiger partial charge in [-0.3, -0.25) is 4.79 Å². The van der Waals surface area contributed by atoms with E-state index in [-0.39, 0.29) is 17.2 Å². The molecule has 0 heterocycles. The van der Waals surface area contributed by atoms with Crippen LogP contribution in [0.15, 0.2) is 0 Å². The predicted molar refractivity (Wildman–Crippen MR) is 80.8 cm³/mol. The van der Waals surface area contributed by atoms with Crippen LogP contribution in [0.5, 0.6) is 0 Å². The van der Waals surface area contributed by atoms with E-state index >= 15 is 0 Å². The number of nitrogens with one attached hydrogen (secondary N) is 1. The SMILES string of the molecule is CC(C)(C)CC(CN)C(=O)NCCCC1CCCC1. The lowest BCUT2D eigenvalue weighted by Crippen LogP contribution is -2.37. The maximum atomic E-state index is 12.1. The van der Waals surface area contributed by atoms with E-state index in [0.717, 1.165) is 25.3 Å². The average molecular weight is 268 g/mol. The molecular weight excluding hydrogens is 236 g/mol. The van der Waals surface area contributed by atoms with Crippen LogP contribution in [0, 0.1) is 17.3 Å². The van der Waals surface area contributed by atoms with Crippen LogP contribution in [0.1, 0.15) is 65.7 Å². The van der Waals surface area contributed by atoms with Crippen molar-refractivity contribution in [3.05, 3.63) is 0 Å². The molecule has 1 aliphatic carbocycles. The number of carbonyl (C=O) groups is 1. The first-order chi connectivity index (χ1) is 8.92. The fourth-order valence-electron chi connectivity index (χ4n) is 3.07. The van der Waals surface area contributed by atoms with E-state index in [1.807, 2.05) is 0 Å². The van der Waals surface area contributed by atoms with Crippen LogP contribution in [-0.4, -0.2) is 19.0 Å². The van der Waals surface area contributed by atoms with Crippen LogP contribution >= 0.6 is 0 Å². The molecular formula is C16H32N2O. The van der Waals surface area contributed by atoms with Crippen molar-refractivity contribution in [3.8, 4) is 0 Å². The highest BCUT2D eigenvalue weighted by molar-refractivity contribution is 5.78. The van der Waals surface area contributed by atoms with Gasteiger partial charge >= 0.3 is 0 Å². The number of rotatable bonds is 7. The number of carbonyl (C=O) groups excluding carboxylic acids is 1. The van der Waals surface area contributed by atoms with E-state index in [1.54, 1.807) is 0 Å². The second kappa shape index (κ2) is 7.88. The Kier molecular flexibility index (Phi) is 6.84. The second-order valence-corrected chi connectivity index (χ2v) is 7.28. The summed E-state index contributed by atoms with van der Waals surface area (Å²) >= 11 is 0. The Morgan fingerprint density at radius 1 is 1.32 bits per heavy atom. The Morgan fingerprint density at radius 2 is 1.95 bits per heavy atom. The van der Waals surface area contributed by atoms with E-state index in [1.165, 1.54) is 32.1 Å². The van der Waals surface area contributed by atoms with Gasteiger partial charge in [0.25, 0.3) is 0 Å². The molecule has 1 unspecified atom stereocenters. The summed E-state index contributed by atoms with van der Waals surface area (Å²) in [6, 6.07) is 0. The maximum Gasteiger partial charge on any atom is 0.224 e. The molecule has 0 saturated heterocycles. The van der Waals surface area contributed by atoms with Crippen LogP contribution in [0.2, 0.25) is 0 Å². The molecule has 112 valence electrons. The summed E-state index contributed by atoms with van der Waals surface area (Å²) in [5.74, 6) is 1.02. The molecule has 1 saturated carbocycles. The van der Waals surface area contributed by atoms with Crippen molar-refractivity contribution in [1.29, 1.82) is 0 Å². The first-order valence-electron chi connectivity index (χ1n) is 7.90. The molecule has 0 aromatic heterocycles. The number of hydrogen-bond acceptors (Lipinski definition) is 2. The van der Waals surface area contributed by atoms with Crippen LogP contribution in [-0.2, 0) is 4.79 Å². The van der Waals surface area contributed by atoms with Crippen LogP contribution < -0.4 is 11.1 Å². The van der Waals surface area contributed by atoms with Gasteiger partial charge in [-0.15, -0.1) is 0 Å². The summed E-state index contributed by atoms with van der Waals surface area (Å²) in [5, 5.41) is 3.06. The lowest BCUT2D eigenvalue weighted by molar-refractivity contribution is -0.125. The fraction of sp³-hybridized carbons (Fsp3) is 0.938. The zero-order valence-corrected chi connectivity index (χ0v) is 13.0. The molecule has 3 N–H and O–H groups in total. The standard InChI is InChI=1S/C16H32N2O/c1-16(2,3)11-14(12-17)15(19)18-10-6-9-13-7-4-5-8-13/h13-14H,4-12,17H2,1-3H3,(H,18,19). The number of amides is 1. The van der Waals surface area contributed by atoms with Gasteiger partial charge in [0.2, 0.25) is 5.91 Å². The van der Waals surface area contributed by atoms with Gasteiger partial charge < -0.3 is 11.1 Å². The fourth-order valence-corrected chi connectivity index (χ4v) is 3.07. The topological polar surface area (TPSA) is 55.1 Å². The van der Waals surface area contributed by atoms with Gasteiger partial charge in [0.05, 0.1) is 5.92 Å². The summed E-state index contributed by atoms with van der Waals surface area (Å²) < 4.78 is 0. The van der Waals surface area contributed by atoms with E-state index < -0.39 is 0 Å². The number of nitrogens with two attached hydrogens (primary N) is 1. The van der Waals surface area contributed by atoms with Gasteiger partial charge in [-0.2, -0.15) is 0 Å². The largest absolute Gasteiger partial charge is 0.356 e. The summed E-state index contributed by atoms with van der Waals surface area (Å²) in [7, 11) is 0. The molecule has 3 heteroatoms. The monoisotopic (exact) mass is 268 g/mol. The quantitative estimate of drug-likeness (QED) is 0.697. The summed E-state index contributed by atoms with van der Waals surface area (Å²) in [6.07, 6.45) is 8.83. The van der Waals surface area contributed by atoms with Crippen molar-refractivity contribution in [2.75, 3.05) is 13.1 Å². The summed E-state index contributed by atoms with van der Waals surface area (Å²) in [4.78, 5) is 12.1. The van der Waals surface area contributed by atoms with E-state index in [0.29, 0.717) is 6.54 Å². The molecule has 1 amide bonds. The minimum Gasteiger partial charge on any atom is -0.356 e. The first kappa shape index (κ1) is 16.5. The first-order valence-corrected chi connectivity index (χ1v) is 7.90. The molecule has 19 heavy (non-hydrogen) atoms. The minimum absolute atomic E-state index is 0.0357. The molecule has 0 bridgehead atoms. The van der Waals surface area contributed by atoms with Crippen molar-refractivity contribution in [3.63, 3.8) is 0 Å². The van der Waals surface area contributed by atoms with Gasteiger partial charge in [0.15, 0.2) is 0 Å². The van der Waals surface area contributed by atoms with Crippen molar-refractivity contribution in [1.82, 2.24) is 5.32 Å². The lowest BCUT2D eigenvalue weighted by Gasteiger charge is -2.24. The Bertz CT molecular complexity index is 264. The Labute approximate surface area is 118 Å². The third-order valence-electron chi connectivity index (χ3n) is 4.08. The van der Waals surface area contributed by atoms with Gasteiger partial charge in [-0.05, 0) is 30.6 Å².